The minimum atomic E-state index is -3.05. The summed E-state index contributed by atoms with van der Waals surface area (Å²) < 4.78 is 14.9. The third kappa shape index (κ3) is 6.36. The summed E-state index contributed by atoms with van der Waals surface area (Å²) in [6.45, 7) is 15.1. The van der Waals surface area contributed by atoms with E-state index < -0.39 is 34.9 Å². The van der Waals surface area contributed by atoms with Gasteiger partial charge in [-0.25, -0.2) is 0 Å². The number of aliphatic hydroxyl groups excluding tert-OH is 1. The molecule has 224 valence electrons. The fourth-order valence-electron chi connectivity index (χ4n) is 6.39. The lowest BCUT2D eigenvalue weighted by Gasteiger charge is -2.49. The molecule has 4 aromatic carbocycles. The fourth-order valence-corrected chi connectivity index (χ4v) is 15.7. The highest BCUT2D eigenvalue weighted by molar-refractivity contribution is 7.00. The van der Waals surface area contributed by atoms with E-state index in [9.17, 15) is 5.11 Å². The zero-order chi connectivity index (χ0) is 31.3. The van der Waals surface area contributed by atoms with Crippen LogP contribution in [0.15, 0.2) is 121 Å². The smallest absolute Gasteiger partial charge is 0.262 e. The van der Waals surface area contributed by atoms with Gasteiger partial charge < -0.3 is 14.0 Å². The molecule has 0 saturated carbocycles. The molecule has 0 spiro atoms. The van der Waals surface area contributed by atoms with E-state index in [2.05, 4.69) is 145 Å². The molecule has 0 bridgehead atoms. The Morgan fingerprint density at radius 2 is 0.837 bits per heavy atom. The highest BCUT2D eigenvalue weighted by Gasteiger charge is 2.56. The second-order valence-corrected chi connectivity index (χ2v) is 21.9. The molecule has 0 saturated heterocycles. The van der Waals surface area contributed by atoms with Crippen LogP contribution in [0, 0.1) is 12.3 Å². The Morgan fingerprint density at radius 3 is 1.07 bits per heavy atom. The number of rotatable bonds is 10. The molecule has 3 nitrogen and oxygen atoms in total. The van der Waals surface area contributed by atoms with Crippen LogP contribution in [0.3, 0.4) is 0 Å². The maximum absolute atomic E-state index is 11.5. The van der Waals surface area contributed by atoms with E-state index in [0.29, 0.717) is 0 Å². The van der Waals surface area contributed by atoms with Crippen LogP contribution in [-0.4, -0.2) is 40.1 Å². The number of hydrogen-bond donors (Lipinski definition) is 1. The van der Waals surface area contributed by atoms with Gasteiger partial charge in [-0.15, -0.1) is 6.42 Å². The first-order valence-electron chi connectivity index (χ1n) is 15.1. The Balaban J connectivity index is 1.94. The van der Waals surface area contributed by atoms with Gasteiger partial charge in [-0.1, -0.05) is 169 Å². The van der Waals surface area contributed by atoms with E-state index in [4.69, 9.17) is 15.3 Å². The molecule has 0 aliphatic carbocycles. The monoisotopic (exact) mass is 606 g/mol. The molecule has 0 radical (unpaired) electrons. The van der Waals surface area contributed by atoms with Gasteiger partial charge >= 0.3 is 0 Å². The van der Waals surface area contributed by atoms with Gasteiger partial charge in [0.2, 0.25) is 0 Å². The lowest BCUT2D eigenvalue weighted by molar-refractivity contribution is -0.0133. The van der Waals surface area contributed by atoms with Crippen molar-refractivity contribution in [2.24, 2.45) is 0 Å². The van der Waals surface area contributed by atoms with Crippen LogP contribution in [0.5, 0.6) is 0 Å². The number of benzene rings is 4. The van der Waals surface area contributed by atoms with Gasteiger partial charge in [0.25, 0.3) is 16.6 Å². The third-order valence-electron chi connectivity index (χ3n) is 8.39. The van der Waals surface area contributed by atoms with Crippen molar-refractivity contribution in [1.82, 2.24) is 0 Å². The molecule has 0 amide bonds. The highest BCUT2D eigenvalue weighted by Crippen LogP contribution is 2.41. The topological polar surface area (TPSA) is 38.7 Å². The molecular weight excluding hydrogens is 561 g/mol. The summed E-state index contributed by atoms with van der Waals surface area (Å²) >= 11 is 0. The van der Waals surface area contributed by atoms with Crippen molar-refractivity contribution in [3.63, 3.8) is 0 Å². The standard InChI is InChI=1S/C38H46O3Si2/c1-9-35(40-42(37(3,4)5,31-22-14-10-15-23-31)32-24-16-11-17-25-32)36(30(2)39)41-43(38(6,7)8,33-26-18-12-19-27-33)34-28-20-13-21-29-34/h1,10-30,35-36,39H,2-8H3/t30-,35+,36+/m0/s1. The third-order valence-corrected chi connectivity index (χ3v) is 18.4. The van der Waals surface area contributed by atoms with Crippen LogP contribution in [0.2, 0.25) is 10.1 Å². The van der Waals surface area contributed by atoms with Crippen LogP contribution in [-0.2, 0) is 8.85 Å². The summed E-state index contributed by atoms with van der Waals surface area (Å²) in [7, 11) is -6.09. The minimum absolute atomic E-state index is 0.286. The first-order valence-corrected chi connectivity index (χ1v) is 18.9. The van der Waals surface area contributed by atoms with E-state index in [-0.39, 0.29) is 10.1 Å². The summed E-state index contributed by atoms with van der Waals surface area (Å²) in [6.07, 6.45) is 3.92. The summed E-state index contributed by atoms with van der Waals surface area (Å²) in [4.78, 5) is 0. The lowest BCUT2D eigenvalue weighted by atomic mass is 10.1. The Bertz CT molecular complexity index is 1390. The normalized spacial score (nSPS) is 14.9. The number of aliphatic hydroxyl groups is 1. The van der Waals surface area contributed by atoms with Crippen LogP contribution >= 0.6 is 0 Å². The van der Waals surface area contributed by atoms with E-state index >= 15 is 0 Å². The predicted octanol–water partition coefficient (Wildman–Crippen LogP) is 5.89. The van der Waals surface area contributed by atoms with E-state index in [0.717, 1.165) is 20.7 Å². The predicted molar refractivity (Wildman–Crippen MR) is 186 cm³/mol. The maximum atomic E-state index is 11.5. The first kappa shape index (κ1) is 32.7. The first-order chi connectivity index (χ1) is 20.4. The molecule has 43 heavy (non-hydrogen) atoms. The molecule has 0 aliphatic rings. The van der Waals surface area contributed by atoms with Gasteiger partial charge in [0.05, 0.1) is 6.10 Å². The molecule has 5 heteroatoms. The van der Waals surface area contributed by atoms with Crippen LogP contribution in [0.4, 0.5) is 0 Å². The van der Waals surface area contributed by atoms with Gasteiger partial charge in [0, 0.05) is 0 Å². The van der Waals surface area contributed by atoms with E-state index in [1.54, 1.807) is 6.92 Å². The molecule has 0 aliphatic heterocycles. The van der Waals surface area contributed by atoms with Gasteiger partial charge in [-0.05, 0) is 37.7 Å². The Kier molecular flexibility index (Phi) is 10.0. The molecule has 0 heterocycles. The van der Waals surface area contributed by atoms with Crippen LogP contribution in [0.1, 0.15) is 48.5 Å². The van der Waals surface area contributed by atoms with Gasteiger partial charge in [0.15, 0.2) is 0 Å². The Hall–Kier alpha value is -3.25. The van der Waals surface area contributed by atoms with Crippen molar-refractivity contribution >= 4 is 37.4 Å². The molecule has 0 unspecified atom stereocenters. The van der Waals surface area contributed by atoms with Crippen molar-refractivity contribution in [1.29, 1.82) is 0 Å². The second-order valence-electron chi connectivity index (χ2n) is 13.4. The zero-order valence-corrected chi connectivity index (χ0v) is 28.6. The van der Waals surface area contributed by atoms with Crippen molar-refractivity contribution < 1.29 is 14.0 Å². The molecule has 4 rings (SSSR count). The van der Waals surface area contributed by atoms with E-state index in [1.807, 2.05) is 24.3 Å². The molecule has 1 N–H and O–H groups in total. The van der Waals surface area contributed by atoms with Crippen LogP contribution < -0.4 is 20.7 Å². The molecule has 0 aromatic heterocycles. The Morgan fingerprint density at radius 1 is 0.558 bits per heavy atom. The molecular formula is C38H46O3Si2. The fraction of sp³-hybridized carbons (Fsp3) is 0.316. The largest absolute Gasteiger partial charge is 0.398 e. The molecule has 0 fully saturated rings. The summed E-state index contributed by atoms with van der Waals surface area (Å²) in [5.74, 6) is 2.98. The average Bonchev–Trinajstić information content (AvgIpc) is 2.99. The van der Waals surface area contributed by atoms with Gasteiger partial charge in [-0.3, -0.25) is 0 Å². The second kappa shape index (κ2) is 13.2. The summed E-state index contributed by atoms with van der Waals surface area (Å²) in [6, 6.07) is 41.8. The zero-order valence-electron chi connectivity index (χ0n) is 26.6. The van der Waals surface area contributed by atoms with E-state index in [1.165, 1.54) is 0 Å². The molecule has 4 aromatic rings. The van der Waals surface area contributed by atoms with Gasteiger partial charge in [-0.2, -0.15) is 0 Å². The van der Waals surface area contributed by atoms with Crippen molar-refractivity contribution in [2.75, 3.05) is 0 Å². The average molecular weight is 607 g/mol. The highest BCUT2D eigenvalue weighted by atomic mass is 28.4. The quantitative estimate of drug-likeness (QED) is 0.181. The molecule has 3 atom stereocenters. The summed E-state index contributed by atoms with van der Waals surface area (Å²) in [5, 5.41) is 15.4. The number of terminal acetylenes is 1. The number of hydrogen-bond acceptors (Lipinski definition) is 3. The SMILES string of the molecule is C#C[C@@H](O[Si](c1ccccc1)(c1ccccc1)C(C)(C)C)[C@H](O[Si](c1ccccc1)(c1ccccc1)C(C)(C)C)[C@H](C)O. The van der Waals surface area contributed by atoms with Crippen molar-refractivity contribution in [3.8, 4) is 12.3 Å². The van der Waals surface area contributed by atoms with Crippen molar-refractivity contribution in [3.05, 3.63) is 121 Å². The summed E-state index contributed by atoms with van der Waals surface area (Å²) in [5.41, 5.74) is 0. The minimum Gasteiger partial charge on any atom is -0.398 e. The van der Waals surface area contributed by atoms with Gasteiger partial charge in [0.1, 0.15) is 12.2 Å². The lowest BCUT2D eigenvalue weighted by Crippen LogP contribution is -2.71. The Labute approximate surface area is 261 Å². The van der Waals surface area contributed by atoms with Crippen LogP contribution in [0.25, 0.3) is 0 Å². The van der Waals surface area contributed by atoms with Crippen molar-refractivity contribution in [2.45, 2.75) is 76.9 Å². The maximum Gasteiger partial charge on any atom is 0.262 e.